The number of piperazine rings is 1. The van der Waals surface area contributed by atoms with Crippen LogP contribution < -0.4 is 0 Å². The monoisotopic (exact) mass is 269 g/mol. The van der Waals surface area contributed by atoms with Gasteiger partial charge in [0.25, 0.3) is 0 Å². The summed E-state index contributed by atoms with van der Waals surface area (Å²) in [7, 11) is 1.91. The zero-order chi connectivity index (χ0) is 14.0. The fraction of sp³-hybridized carbons (Fsp3) is 0.929. The smallest absolute Gasteiger partial charge is 0.322 e. The van der Waals surface area contributed by atoms with Crippen molar-refractivity contribution in [2.45, 2.75) is 44.8 Å². The van der Waals surface area contributed by atoms with Crippen molar-refractivity contribution in [2.24, 2.45) is 0 Å². The van der Waals surface area contributed by atoms with E-state index in [2.05, 4.69) is 23.6 Å². The minimum absolute atomic E-state index is 0.336. The Morgan fingerprint density at radius 3 is 2.32 bits per heavy atom. The van der Waals surface area contributed by atoms with Crippen LogP contribution in [0.2, 0.25) is 0 Å². The van der Waals surface area contributed by atoms with Gasteiger partial charge < -0.3 is 10.0 Å². The van der Waals surface area contributed by atoms with Crippen molar-refractivity contribution < 1.29 is 9.90 Å². The second kappa shape index (κ2) is 6.20. The Balaban J connectivity index is 1.88. The van der Waals surface area contributed by atoms with Gasteiger partial charge in [-0.05, 0) is 46.8 Å². The van der Waals surface area contributed by atoms with Crippen molar-refractivity contribution in [1.82, 2.24) is 14.7 Å². The van der Waals surface area contributed by atoms with Gasteiger partial charge in [-0.2, -0.15) is 0 Å². The van der Waals surface area contributed by atoms with Gasteiger partial charge in [-0.25, -0.2) is 0 Å². The highest BCUT2D eigenvalue weighted by Gasteiger charge is 2.34. The summed E-state index contributed by atoms with van der Waals surface area (Å²) in [5.41, 5.74) is 0. The van der Waals surface area contributed by atoms with E-state index in [1.165, 1.54) is 12.8 Å². The van der Waals surface area contributed by atoms with E-state index in [0.29, 0.717) is 18.6 Å². The van der Waals surface area contributed by atoms with Crippen LogP contribution in [0.3, 0.4) is 0 Å². The van der Waals surface area contributed by atoms with Gasteiger partial charge in [0.2, 0.25) is 0 Å². The third kappa shape index (κ3) is 3.46. The van der Waals surface area contributed by atoms with E-state index in [1.807, 2.05) is 11.9 Å². The molecule has 2 fully saturated rings. The van der Waals surface area contributed by atoms with E-state index in [0.717, 1.165) is 26.2 Å². The molecule has 5 heteroatoms. The van der Waals surface area contributed by atoms with Crippen LogP contribution in [0.1, 0.15) is 26.7 Å². The summed E-state index contributed by atoms with van der Waals surface area (Å²) < 4.78 is 0. The zero-order valence-electron chi connectivity index (χ0n) is 12.4. The summed E-state index contributed by atoms with van der Waals surface area (Å²) in [6.07, 6.45) is 2.35. The lowest BCUT2D eigenvalue weighted by Gasteiger charge is -2.44. The molecule has 19 heavy (non-hydrogen) atoms. The molecule has 0 aromatic heterocycles. The van der Waals surface area contributed by atoms with Gasteiger partial charge in [-0.1, -0.05) is 0 Å². The number of hydrogen-bond acceptors (Lipinski definition) is 4. The van der Waals surface area contributed by atoms with E-state index in [9.17, 15) is 9.90 Å². The Labute approximate surface area is 116 Å². The first-order valence-corrected chi connectivity index (χ1v) is 7.40. The fourth-order valence-electron chi connectivity index (χ4n) is 3.26. The molecule has 110 valence electrons. The van der Waals surface area contributed by atoms with Crippen LogP contribution in [0.25, 0.3) is 0 Å². The summed E-state index contributed by atoms with van der Waals surface area (Å²) in [4.78, 5) is 18.1. The first kappa shape index (κ1) is 14.8. The summed E-state index contributed by atoms with van der Waals surface area (Å²) in [5.74, 6) is -0.688. The van der Waals surface area contributed by atoms with Crippen LogP contribution in [0, 0.1) is 0 Å². The van der Waals surface area contributed by atoms with Crippen molar-refractivity contribution in [3.8, 4) is 0 Å². The molecule has 0 saturated carbocycles. The molecular weight excluding hydrogens is 242 g/mol. The van der Waals surface area contributed by atoms with Crippen molar-refractivity contribution in [3.63, 3.8) is 0 Å². The Morgan fingerprint density at radius 1 is 1.16 bits per heavy atom. The van der Waals surface area contributed by atoms with E-state index in [-0.39, 0.29) is 6.04 Å². The second-order valence-corrected chi connectivity index (χ2v) is 6.19. The standard InChI is InChI=1S/C14H27N3O2/c1-11(2)16-6-4-12(5-7-16)17-9-8-15(3)13(10-17)14(18)19/h11-13H,4-10H2,1-3H3,(H,18,19). The number of nitrogens with zero attached hydrogens (tertiary/aromatic N) is 3. The van der Waals surface area contributed by atoms with E-state index >= 15 is 0 Å². The number of likely N-dealkylation sites (N-methyl/N-ethyl adjacent to an activating group) is 1. The third-order valence-electron chi connectivity index (χ3n) is 4.71. The molecular formula is C14H27N3O2. The summed E-state index contributed by atoms with van der Waals surface area (Å²) >= 11 is 0. The first-order valence-electron chi connectivity index (χ1n) is 7.40. The number of rotatable bonds is 3. The Bertz CT molecular complexity index is 314. The molecule has 2 aliphatic rings. The normalized spacial score (nSPS) is 28.9. The van der Waals surface area contributed by atoms with Gasteiger partial charge in [0.05, 0.1) is 0 Å². The summed E-state index contributed by atoms with van der Waals surface area (Å²) in [6, 6.07) is 0.864. The Morgan fingerprint density at radius 2 is 1.79 bits per heavy atom. The van der Waals surface area contributed by atoms with Gasteiger partial charge in [-0.3, -0.25) is 14.6 Å². The topological polar surface area (TPSA) is 47.0 Å². The van der Waals surface area contributed by atoms with Crippen molar-refractivity contribution in [2.75, 3.05) is 39.8 Å². The second-order valence-electron chi connectivity index (χ2n) is 6.19. The number of carboxylic acid groups (broad SMARTS) is 1. The lowest BCUT2D eigenvalue weighted by atomic mass is 10.00. The number of piperidine rings is 1. The maximum absolute atomic E-state index is 11.3. The van der Waals surface area contributed by atoms with Gasteiger partial charge in [0.1, 0.15) is 6.04 Å². The highest BCUT2D eigenvalue weighted by Crippen LogP contribution is 2.21. The van der Waals surface area contributed by atoms with Gasteiger partial charge in [0, 0.05) is 31.7 Å². The van der Waals surface area contributed by atoms with E-state index in [4.69, 9.17) is 0 Å². The molecule has 1 N–H and O–H groups in total. The molecule has 2 rings (SSSR count). The predicted molar refractivity (Wildman–Crippen MR) is 75.4 cm³/mol. The van der Waals surface area contributed by atoms with Crippen LogP contribution in [0.15, 0.2) is 0 Å². The molecule has 2 heterocycles. The average Bonchev–Trinajstić information content (AvgIpc) is 2.39. The molecule has 5 nitrogen and oxygen atoms in total. The van der Waals surface area contributed by atoms with Crippen LogP contribution >= 0.6 is 0 Å². The van der Waals surface area contributed by atoms with Gasteiger partial charge >= 0.3 is 5.97 Å². The quantitative estimate of drug-likeness (QED) is 0.811. The molecule has 1 atom stereocenters. The van der Waals surface area contributed by atoms with Crippen molar-refractivity contribution in [1.29, 1.82) is 0 Å². The zero-order valence-corrected chi connectivity index (χ0v) is 12.4. The number of carbonyl (C=O) groups is 1. The largest absolute Gasteiger partial charge is 0.480 e. The molecule has 0 spiro atoms. The molecule has 2 aliphatic heterocycles. The molecule has 0 aromatic rings. The van der Waals surface area contributed by atoms with Gasteiger partial charge in [0.15, 0.2) is 0 Å². The Hall–Kier alpha value is -0.650. The van der Waals surface area contributed by atoms with E-state index < -0.39 is 5.97 Å². The minimum Gasteiger partial charge on any atom is -0.480 e. The van der Waals surface area contributed by atoms with Crippen molar-refractivity contribution >= 4 is 5.97 Å². The minimum atomic E-state index is -0.688. The molecule has 0 aromatic carbocycles. The molecule has 0 amide bonds. The molecule has 1 unspecified atom stereocenters. The summed E-state index contributed by atoms with van der Waals surface area (Å²) in [6.45, 7) is 9.33. The fourth-order valence-corrected chi connectivity index (χ4v) is 3.26. The Kier molecular flexibility index (Phi) is 4.81. The van der Waals surface area contributed by atoms with E-state index in [1.54, 1.807) is 0 Å². The van der Waals surface area contributed by atoms with Gasteiger partial charge in [-0.15, -0.1) is 0 Å². The number of hydrogen-bond donors (Lipinski definition) is 1. The molecule has 0 radical (unpaired) electrons. The first-order chi connectivity index (χ1) is 8.99. The molecule has 0 bridgehead atoms. The highest BCUT2D eigenvalue weighted by atomic mass is 16.4. The van der Waals surface area contributed by atoms with Crippen LogP contribution in [-0.2, 0) is 4.79 Å². The van der Waals surface area contributed by atoms with Crippen LogP contribution in [0.5, 0.6) is 0 Å². The van der Waals surface area contributed by atoms with Crippen LogP contribution in [-0.4, -0.2) is 83.7 Å². The third-order valence-corrected chi connectivity index (χ3v) is 4.71. The lowest BCUT2D eigenvalue weighted by Crippen LogP contribution is -2.58. The predicted octanol–water partition coefficient (Wildman–Crippen LogP) is 0.560. The summed E-state index contributed by atoms with van der Waals surface area (Å²) in [5, 5.41) is 9.26. The number of carboxylic acids is 1. The SMILES string of the molecule is CC(C)N1CCC(N2CCN(C)C(C(=O)O)C2)CC1. The number of likely N-dealkylation sites (tertiary alicyclic amines) is 1. The number of aliphatic carboxylic acids is 1. The molecule has 0 aliphatic carbocycles. The average molecular weight is 269 g/mol. The maximum Gasteiger partial charge on any atom is 0.322 e. The lowest BCUT2D eigenvalue weighted by molar-refractivity contribution is -0.145. The van der Waals surface area contributed by atoms with Crippen molar-refractivity contribution in [3.05, 3.63) is 0 Å². The maximum atomic E-state index is 11.3. The molecule has 2 saturated heterocycles. The van der Waals surface area contributed by atoms with Crippen LogP contribution in [0.4, 0.5) is 0 Å². The highest BCUT2D eigenvalue weighted by molar-refractivity contribution is 5.73.